The van der Waals surface area contributed by atoms with Crippen LogP contribution in [0, 0.1) is 0 Å². The lowest BCUT2D eigenvalue weighted by molar-refractivity contribution is 0.111. The maximum absolute atomic E-state index is 13.4. The van der Waals surface area contributed by atoms with Crippen LogP contribution in [-0.4, -0.2) is 50.0 Å². The number of hydrogen-bond donors (Lipinski definition) is 0. The molecule has 152 valence electrons. The van der Waals surface area contributed by atoms with Gasteiger partial charge < -0.3 is 9.47 Å². The number of aldehydes is 1. The van der Waals surface area contributed by atoms with Gasteiger partial charge in [0.15, 0.2) is 29.2 Å². The van der Waals surface area contributed by atoms with Gasteiger partial charge in [-0.25, -0.2) is 9.78 Å². The highest BCUT2D eigenvalue weighted by Crippen LogP contribution is 2.25. The number of amides is 2. The van der Waals surface area contributed by atoms with Crippen LogP contribution >= 0.6 is 28.3 Å². The first kappa shape index (κ1) is 21.1. The number of nitrogens with zero attached hydrogens (tertiary/aromatic N) is 6. The van der Waals surface area contributed by atoms with Crippen molar-refractivity contribution in [2.24, 2.45) is 7.05 Å². The van der Waals surface area contributed by atoms with E-state index in [9.17, 15) is 13.5 Å². The summed E-state index contributed by atoms with van der Waals surface area (Å²) in [7, 11) is 4.77. The second kappa shape index (κ2) is 8.78. The SMILES string of the molecule is CN(Cc1cc(-c2ccccc2)nn1SF)C(=O)N(C)c1nc(Br)n(C)c1C=O. The molecule has 0 spiro atoms. The number of benzene rings is 1. The van der Waals surface area contributed by atoms with E-state index in [4.69, 9.17) is 0 Å². The van der Waals surface area contributed by atoms with Crippen LogP contribution < -0.4 is 4.90 Å². The highest BCUT2D eigenvalue weighted by atomic mass is 79.9. The molecule has 0 radical (unpaired) electrons. The molecule has 0 fully saturated rings. The predicted molar refractivity (Wildman–Crippen MR) is 113 cm³/mol. The zero-order valence-corrected chi connectivity index (χ0v) is 18.3. The molecular weight excluding hydrogens is 463 g/mol. The van der Waals surface area contributed by atoms with Gasteiger partial charge in [0.1, 0.15) is 5.69 Å². The minimum absolute atomic E-state index is 0.0335. The largest absolute Gasteiger partial charge is 0.325 e. The second-order valence-corrected chi connectivity index (χ2v) is 7.49. The van der Waals surface area contributed by atoms with Crippen LogP contribution in [0.4, 0.5) is 14.5 Å². The normalized spacial score (nSPS) is 10.8. The van der Waals surface area contributed by atoms with Gasteiger partial charge in [0.25, 0.3) is 0 Å². The lowest BCUT2D eigenvalue weighted by atomic mass is 10.1. The van der Waals surface area contributed by atoms with Crippen molar-refractivity contribution in [3.05, 3.63) is 52.5 Å². The summed E-state index contributed by atoms with van der Waals surface area (Å²) >= 11 is 3.21. The lowest BCUT2D eigenvalue weighted by Gasteiger charge is -2.23. The smallest absolute Gasteiger partial charge is 0.321 e. The number of aromatic nitrogens is 4. The Kier molecular flexibility index (Phi) is 6.38. The number of hydrogen-bond acceptors (Lipinski definition) is 5. The van der Waals surface area contributed by atoms with Crippen LogP contribution in [0.3, 0.4) is 0 Å². The standard InChI is InChI=1S/C18H18BrFN6O2S/c1-23(18(28)25(3)16-15(11-27)24(2)17(19)21-16)10-13-9-14(22-26(13)29-20)12-7-5-4-6-8-12/h4-9,11H,10H2,1-3H3. The van der Waals surface area contributed by atoms with Crippen molar-refractivity contribution in [2.75, 3.05) is 19.0 Å². The van der Waals surface area contributed by atoms with Crippen molar-refractivity contribution in [3.63, 3.8) is 0 Å². The van der Waals surface area contributed by atoms with Crippen molar-refractivity contribution in [2.45, 2.75) is 6.54 Å². The Morgan fingerprint density at radius 1 is 1.31 bits per heavy atom. The molecule has 0 unspecified atom stereocenters. The van der Waals surface area contributed by atoms with Gasteiger partial charge in [-0.2, -0.15) is 9.19 Å². The Hall–Kier alpha value is -2.66. The summed E-state index contributed by atoms with van der Waals surface area (Å²) in [4.78, 5) is 31.1. The summed E-state index contributed by atoms with van der Waals surface area (Å²) < 4.78 is 16.5. The molecule has 0 saturated heterocycles. The zero-order chi connectivity index (χ0) is 21.1. The average molecular weight is 481 g/mol. The Morgan fingerprint density at radius 3 is 2.62 bits per heavy atom. The summed E-state index contributed by atoms with van der Waals surface area (Å²) in [5.74, 6) is 0.226. The number of urea groups is 1. The maximum atomic E-state index is 13.4. The van der Waals surface area contributed by atoms with Crippen LogP contribution in [-0.2, 0) is 13.6 Å². The van der Waals surface area contributed by atoms with Gasteiger partial charge in [0.2, 0.25) is 0 Å². The molecule has 29 heavy (non-hydrogen) atoms. The fraction of sp³-hybridized carbons (Fsp3) is 0.222. The molecule has 0 aliphatic carbocycles. The Balaban J connectivity index is 1.82. The summed E-state index contributed by atoms with van der Waals surface area (Å²) in [6.07, 6.45) is 0.637. The van der Waals surface area contributed by atoms with Gasteiger partial charge in [0.05, 0.1) is 17.9 Å². The molecule has 3 rings (SSSR count). The number of carbonyl (C=O) groups excluding carboxylic acids is 2. The monoisotopic (exact) mass is 480 g/mol. The van der Waals surface area contributed by atoms with E-state index in [1.807, 2.05) is 30.3 Å². The van der Waals surface area contributed by atoms with Crippen molar-refractivity contribution in [1.82, 2.24) is 23.6 Å². The molecule has 0 aliphatic rings. The van der Waals surface area contributed by atoms with E-state index < -0.39 is 6.03 Å². The molecule has 0 bridgehead atoms. The summed E-state index contributed by atoms with van der Waals surface area (Å²) in [5.41, 5.74) is 2.23. The molecule has 3 aromatic rings. The zero-order valence-electron chi connectivity index (χ0n) is 15.9. The Bertz CT molecular complexity index is 1040. The first-order valence-electron chi connectivity index (χ1n) is 8.47. The first-order chi connectivity index (χ1) is 13.9. The third-order valence-electron chi connectivity index (χ3n) is 4.39. The highest BCUT2D eigenvalue weighted by Gasteiger charge is 2.24. The van der Waals surface area contributed by atoms with Gasteiger partial charge >= 0.3 is 6.03 Å². The third kappa shape index (κ3) is 4.20. The molecule has 11 heteroatoms. The van der Waals surface area contributed by atoms with Gasteiger partial charge in [-0.05, 0) is 22.0 Å². The molecule has 0 aliphatic heterocycles. The number of halogens is 2. The third-order valence-corrected chi connectivity index (χ3v) is 5.55. The van der Waals surface area contributed by atoms with Gasteiger partial charge in [-0.3, -0.25) is 9.69 Å². The average Bonchev–Trinajstić information content (AvgIpc) is 3.27. The summed E-state index contributed by atoms with van der Waals surface area (Å²) in [6, 6.07) is 10.7. The molecule has 2 aromatic heterocycles. The summed E-state index contributed by atoms with van der Waals surface area (Å²) in [5, 5.41) is 4.24. The van der Waals surface area contributed by atoms with Crippen molar-refractivity contribution in [1.29, 1.82) is 0 Å². The molecule has 8 nitrogen and oxygen atoms in total. The molecule has 0 saturated carbocycles. The van der Waals surface area contributed by atoms with Gasteiger partial charge in [0, 0.05) is 26.7 Å². The van der Waals surface area contributed by atoms with Crippen molar-refractivity contribution >= 4 is 46.4 Å². The minimum Gasteiger partial charge on any atom is -0.321 e. The van der Waals surface area contributed by atoms with Crippen molar-refractivity contribution in [3.8, 4) is 11.3 Å². The minimum atomic E-state index is -0.406. The van der Waals surface area contributed by atoms with E-state index >= 15 is 0 Å². The predicted octanol–water partition coefficient (Wildman–Crippen LogP) is 3.93. The van der Waals surface area contributed by atoms with Crippen LogP contribution in [0.5, 0.6) is 0 Å². The number of anilines is 1. The molecule has 2 heterocycles. The number of rotatable bonds is 6. The Morgan fingerprint density at radius 2 is 2.00 bits per heavy atom. The van der Waals surface area contributed by atoms with E-state index in [0.29, 0.717) is 22.4 Å². The molecule has 0 N–H and O–H groups in total. The topological polar surface area (TPSA) is 76.3 Å². The van der Waals surface area contributed by atoms with Crippen LogP contribution in [0.15, 0.2) is 41.1 Å². The van der Waals surface area contributed by atoms with Gasteiger partial charge in [-0.15, -0.1) is 3.89 Å². The Labute approximate surface area is 179 Å². The van der Waals surface area contributed by atoms with E-state index in [-0.39, 0.29) is 30.4 Å². The number of carbonyl (C=O) groups is 2. The van der Waals surface area contributed by atoms with Crippen LogP contribution in [0.1, 0.15) is 16.2 Å². The van der Waals surface area contributed by atoms with E-state index in [0.717, 1.165) is 9.65 Å². The summed E-state index contributed by atoms with van der Waals surface area (Å²) in [6.45, 7) is 0.115. The fourth-order valence-electron chi connectivity index (χ4n) is 2.82. The van der Waals surface area contributed by atoms with E-state index in [1.165, 1.54) is 21.4 Å². The highest BCUT2D eigenvalue weighted by molar-refractivity contribution is 9.10. The molecular formula is C18H18BrFN6O2S. The number of imidazole rings is 1. The van der Waals surface area contributed by atoms with Crippen LogP contribution in [0.25, 0.3) is 11.3 Å². The fourth-order valence-corrected chi connectivity index (χ4v) is 3.50. The molecule has 0 atom stereocenters. The molecule has 1 aromatic carbocycles. The first-order valence-corrected chi connectivity index (χ1v) is 9.93. The lowest BCUT2D eigenvalue weighted by Crippen LogP contribution is -2.39. The van der Waals surface area contributed by atoms with Crippen LogP contribution in [0.2, 0.25) is 0 Å². The maximum Gasteiger partial charge on any atom is 0.325 e. The van der Waals surface area contributed by atoms with Gasteiger partial charge in [-0.1, -0.05) is 30.3 Å². The van der Waals surface area contributed by atoms with E-state index in [2.05, 4.69) is 26.0 Å². The molecule has 2 amide bonds. The van der Waals surface area contributed by atoms with E-state index in [1.54, 1.807) is 20.2 Å². The second-order valence-electron chi connectivity index (χ2n) is 6.29. The quantitative estimate of drug-likeness (QED) is 0.499. The van der Waals surface area contributed by atoms with Crippen molar-refractivity contribution < 1.29 is 13.5 Å².